The van der Waals surface area contributed by atoms with E-state index in [1.807, 2.05) is 42.5 Å². The average molecular weight is 281 g/mol. The summed E-state index contributed by atoms with van der Waals surface area (Å²) < 4.78 is 0. The van der Waals surface area contributed by atoms with Crippen molar-refractivity contribution in [2.24, 2.45) is 0 Å². The lowest BCUT2D eigenvalue weighted by molar-refractivity contribution is -0.137. The van der Waals surface area contributed by atoms with Crippen molar-refractivity contribution >= 4 is 17.6 Å². The molecule has 0 fully saturated rings. The number of nitrogens with zero attached hydrogens (tertiary/aromatic N) is 1. The zero-order valence-corrected chi connectivity index (χ0v) is 11.4. The average Bonchev–Trinajstić information content (AvgIpc) is 2.86. The zero-order chi connectivity index (χ0) is 14.8. The van der Waals surface area contributed by atoms with Gasteiger partial charge < -0.3 is 10.0 Å². The van der Waals surface area contributed by atoms with Crippen LogP contribution in [-0.4, -0.2) is 23.5 Å². The molecule has 4 nitrogen and oxygen atoms in total. The first kappa shape index (κ1) is 13.4. The predicted molar refractivity (Wildman–Crippen MR) is 79.6 cm³/mol. The number of anilines is 1. The van der Waals surface area contributed by atoms with Gasteiger partial charge in [-0.15, -0.1) is 0 Å². The van der Waals surface area contributed by atoms with E-state index in [2.05, 4.69) is 0 Å². The van der Waals surface area contributed by atoms with Crippen molar-refractivity contribution in [2.45, 2.75) is 12.3 Å². The summed E-state index contributed by atoms with van der Waals surface area (Å²) >= 11 is 0. The summed E-state index contributed by atoms with van der Waals surface area (Å²) in [4.78, 5) is 25.3. The van der Waals surface area contributed by atoms with Crippen molar-refractivity contribution in [2.75, 3.05) is 11.4 Å². The van der Waals surface area contributed by atoms with E-state index in [1.54, 1.807) is 17.0 Å². The van der Waals surface area contributed by atoms with Gasteiger partial charge in [-0.1, -0.05) is 36.4 Å². The Bertz CT molecular complexity index is 681. The van der Waals surface area contributed by atoms with Crippen molar-refractivity contribution in [3.05, 3.63) is 65.7 Å². The number of carboxylic acid groups (broad SMARTS) is 1. The van der Waals surface area contributed by atoms with Gasteiger partial charge in [-0.3, -0.25) is 9.59 Å². The Morgan fingerprint density at radius 3 is 2.43 bits per heavy atom. The van der Waals surface area contributed by atoms with E-state index >= 15 is 0 Å². The molecule has 3 rings (SSSR count). The van der Waals surface area contributed by atoms with Crippen molar-refractivity contribution in [3.8, 4) is 0 Å². The number of carbonyl (C=O) groups excluding carboxylic acids is 1. The van der Waals surface area contributed by atoms with Crippen LogP contribution in [0.2, 0.25) is 0 Å². The van der Waals surface area contributed by atoms with Gasteiger partial charge in [0.2, 0.25) is 0 Å². The van der Waals surface area contributed by atoms with Gasteiger partial charge in [-0.25, -0.2) is 0 Å². The molecule has 2 aromatic rings. The minimum absolute atomic E-state index is 0.0373. The smallest absolute Gasteiger partial charge is 0.304 e. The van der Waals surface area contributed by atoms with E-state index in [-0.39, 0.29) is 18.2 Å². The molecule has 0 saturated heterocycles. The Morgan fingerprint density at radius 2 is 1.71 bits per heavy atom. The second-order valence-electron chi connectivity index (χ2n) is 5.14. The monoisotopic (exact) mass is 281 g/mol. The standard InChI is InChI=1S/C17H15NO3/c19-16(20)10-13-11-18(15-9-5-4-8-14(13)15)17(21)12-6-2-1-3-7-12/h1-9,13H,10-11H2,(H,19,20). The number of aliphatic carboxylic acids is 1. The van der Waals surface area contributed by atoms with Crippen molar-refractivity contribution in [1.29, 1.82) is 0 Å². The van der Waals surface area contributed by atoms with E-state index in [0.29, 0.717) is 12.1 Å². The predicted octanol–water partition coefficient (Wildman–Crippen LogP) is 2.91. The molecule has 0 saturated carbocycles. The van der Waals surface area contributed by atoms with Crippen molar-refractivity contribution in [1.82, 2.24) is 0 Å². The lowest BCUT2D eigenvalue weighted by Gasteiger charge is -2.17. The van der Waals surface area contributed by atoms with Gasteiger partial charge in [0, 0.05) is 23.7 Å². The minimum atomic E-state index is -0.844. The van der Waals surface area contributed by atoms with E-state index in [1.165, 1.54) is 0 Å². The summed E-state index contributed by atoms with van der Waals surface area (Å²) in [6, 6.07) is 16.6. The molecule has 1 N–H and O–H groups in total. The molecule has 1 heterocycles. The summed E-state index contributed by atoms with van der Waals surface area (Å²) in [6.45, 7) is 0.416. The molecule has 1 atom stereocenters. The van der Waals surface area contributed by atoms with E-state index < -0.39 is 5.97 Å². The molecule has 1 unspecified atom stereocenters. The maximum Gasteiger partial charge on any atom is 0.304 e. The van der Waals surface area contributed by atoms with Crippen LogP contribution < -0.4 is 4.90 Å². The second-order valence-corrected chi connectivity index (χ2v) is 5.14. The SMILES string of the molecule is O=C(O)CC1CN(C(=O)c2ccccc2)c2ccccc21. The molecule has 4 heteroatoms. The van der Waals surface area contributed by atoms with Gasteiger partial charge in [0.1, 0.15) is 0 Å². The highest BCUT2D eigenvalue weighted by molar-refractivity contribution is 6.07. The fourth-order valence-electron chi connectivity index (χ4n) is 2.81. The van der Waals surface area contributed by atoms with Crippen LogP contribution in [-0.2, 0) is 4.79 Å². The highest BCUT2D eigenvalue weighted by atomic mass is 16.4. The number of carbonyl (C=O) groups is 2. The normalized spacial score (nSPS) is 16.6. The number of hydrogen-bond donors (Lipinski definition) is 1. The fraction of sp³-hybridized carbons (Fsp3) is 0.176. The quantitative estimate of drug-likeness (QED) is 0.941. The number of rotatable bonds is 3. The summed E-state index contributed by atoms with van der Waals surface area (Å²) in [6.07, 6.45) is 0.0373. The zero-order valence-electron chi connectivity index (χ0n) is 11.4. The highest BCUT2D eigenvalue weighted by Crippen LogP contribution is 2.38. The molecule has 1 amide bonds. The lowest BCUT2D eigenvalue weighted by atomic mass is 9.98. The van der Waals surface area contributed by atoms with Gasteiger partial charge >= 0.3 is 5.97 Å². The van der Waals surface area contributed by atoms with Crippen molar-refractivity contribution in [3.63, 3.8) is 0 Å². The number of amides is 1. The fourth-order valence-corrected chi connectivity index (χ4v) is 2.81. The van der Waals surface area contributed by atoms with Crippen LogP contribution in [0.3, 0.4) is 0 Å². The number of hydrogen-bond acceptors (Lipinski definition) is 2. The molecule has 1 aliphatic heterocycles. The van der Waals surface area contributed by atoms with Gasteiger partial charge in [0.05, 0.1) is 6.42 Å². The van der Waals surface area contributed by atoms with Crippen LogP contribution in [0.25, 0.3) is 0 Å². The number of benzene rings is 2. The van der Waals surface area contributed by atoms with E-state index in [0.717, 1.165) is 11.3 Å². The third-order valence-corrected chi connectivity index (χ3v) is 3.76. The van der Waals surface area contributed by atoms with Gasteiger partial charge in [-0.05, 0) is 23.8 Å². The molecule has 0 radical (unpaired) electrons. The summed E-state index contributed by atoms with van der Waals surface area (Å²) in [7, 11) is 0. The first-order chi connectivity index (χ1) is 10.2. The Kier molecular flexibility index (Phi) is 3.44. The maximum atomic E-state index is 12.6. The van der Waals surface area contributed by atoms with Crippen LogP contribution in [0.5, 0.6) is 0 Å². The molecule has 106 valence electrons. The summed E-state index contributed by atoms with van der Waals surface area (Å²) in [5.74, 6) is -1.08. The number of fused-ring (bicyclic) bond motifs is 1. The minimum Gasteiger partial charge on any atom is -0.481 e. The molecule has 0 aromatic heterocycles. The highest BCUT2D eigenvalue weighted by Gasteiger charge is 2.33. The largest absolute Gasteiger partial charge is 0.481 e. The van der Waals surface area contributed by atoms with Gasteiger partial charge in [0.15, 0.2) is 0 Å². The van der Waals surface area contributed by atoms with Crippen LogP contribution in [0, 0.1) is 0 Å². The van der Waals surface area contributed by atoms with Crippen molar-refractivity contribution < 1.29 is 14.7 Å². The molecule has 0 spiro atoms. The second kappa shape index (κ2) is 5.40. The topological polar surface area (TPSA) is 57.6 Å². The molecular formula is C17H15NO3. The first-order valence-corrected chi connectivity index (χ1v) is 6.84. The summed E-state index contributed by atoms with van der Waals surface area (Å²) in [5.41, 5.74) is 2.37. The van der Waals surface area contributed by atoms with E-state index in [4.69, 9.17) is 5.11 Å². The number of carboxylic acids is 1. The Balaban J connectivity index is 1.94. The third-order valence-electron chi connectivity index (χ3n) is 3.76. The first-order valence-electron chi connectivity index (χ1n) is 6.84. The molecular weight excluding hydrogens is 266 g/mol. The lowest BCUT2D eigenvalue weighted by Crippen LogP contribution is -2.30. The van der Waals surface area contributed by atoms with E-state index in [9.17, 15) is 9.59 Å². The Hall–Kier alpha value is -2.62. The van der Waals surface area contributed by atoms with Gasteiger partial charge in [-0.2, -0.15) is 0 Å². The molecule has 0 bridgehead atoms. The molecule has 0 aliphatic carbocycles. The third kappa shape index (κ3) is 2.52. The van der Waals surface area contributed by atoms with Crippen LogP contribution in [0.15, 0.2) is 54.6 Å². The Morgan fingerprint density at radius 1 is 1.05 bits per heavy atom. The summed E-state index contributed by atoms with van der Waals surface area (Å²) in [5, 5.41) is 9.04. The van der Waals surface area contributed by atoms with Crippen LogP contribution in [0.4, 0.5) is 5.69 Å². The van der Waals surface area contributed by atoms with Crippen LogP contribution >= 0.6 is 0 Å². The Labute approximate surface area is 122 Å². The molecule has 2 aromatic carbocycles. The maximum absolute atomic E-state index is 12.6. The molecule has 1 aliphatic rings. The molecule has 21 heavy (non-hydrogen) atoms. The number of para-hydroxylation sites is 1. The van der Waals surface area contributed by atoms with Gasteiger partial charge in [0.25, 0.3) is 5.91 Å². The van der Waals surface area contributed by atoms with Crippen LogP contribution in [0.1, 0.15) is 28.3 Å².